The number of hydrogen-bond acceptors (Lipinski definition) is 11. The van der Waals surface area contributed by atoms with Gasteiger partial charge in [-0.1, -0.05) is 29.8 Å². The second-order valence-corrected chi connectivity index (χ2v) is 8.55. The molecule has 12 nitrogen and oxygen atoms in total. The van der Waals surface area contributed by atoms with Crippen LogP contribution in [0.2, 0.25) is 0 Å². The molecule has 1 fully saturated rings. The molecule has 12 heteroatoms. The first-order valence-electron chi connectivity index (χ1n) is 11.1. The van der Waals surface area contributed by atoms with E-state index < -0.39 is 66.9 Å². The van der Waals surface area contributed by atoms with Crippen molar-refractivity contribution in [2.75, 3.05) is 6.61 Å². The molecule has 196 valence electrons. The normalized spacial score (nSPS) is 23.5. The van der Waals surface area contributed by atoms with Gasteiger partial charge in [0.05, 0.1) is 5.56 Å². The lowest BCUT2D eigenvalue weighted by atomic mass is 9.99. The van der Waals surface area contributed by atoms with Crippen molar-refractivity contribution in [3.8, 4) is 22.6 Å². The first-order valence-corrected chi connectivity index (χ1v) is 11.1. The van der Waals surface area contributed by atoms with Gasteiger partial charge >= 0.3 is 11.9 Å². The van der Waals surface area contributed by atoms with Crippen LogP contribution in [0, 0.1) is 6.92 Å². The predicted molar refractivity (Wildman–Crippen MR) is 125 cm³/mol. The van der Waals surface area contributed by atoms with E-state index in [4.69, 9.17) is 23.7 Å². The number of phenols is 1. The Morgan fingerprint density at radius 2 is 1.73 bits per heavy atom. The van der Waals surface area contributed by atoms with Gasteiger partial charge in [-0.3, -0.25) is 14.4 Å². The van der Waals surface area contributed by atoms with Crippen LogP contribution in [-0.4, -0.2) is 74.8 Å². The molecular weight excluding hydrogens is 492 g/mol. The summed E-state index contributed by atoms with van der Waals surface area (Å²) in [5.41, 5.74) is 1.33. The maximum absolute atomic E-state index is 13.0. The first kappa shape index (κ1) is 26.1. The van der Waals surface area contributed by atoms with E-state index in [0.29, 0.717) is 5.56 Å². The minimum atomic E-state index is -1.77. The lowest BCUT2D eigenvalue weighted by Crippen LogP contribution is -2.60. The number of carboxylic acids is 1. The number of aliphatic carboxylic acids is 1. The molecule has 1 aromatic heterocycles. The van der Waals surface area contributed by atoms with Gasteiger partial charge in [0.2, 0.25) is 11.7 Å². The van der Waals surface area contributed by atoms with Gasteiger partial charge in [-0.2, -0.15) is 0 Å². The van der Waals surface area contributed by atoms with Gasteiger partial charge in [0, 0.05) is 12.1 Å². The number of phenolic OH excluding ortho intramolecular Hbond substituents is 1. The Hall–Kier alpha value is -3.97. The zero-order chi connectivity index (χ0) is 26.9. The van der Waals surface area contributed by atoms with Crippen molar-refractivity contribution in [1.82, 2.24) is 0 Å². The summed E-state index contributed by atoms with van der Waals surface area (Å²) in [6.45, 7) is 1.28. The summed E-state index contributed by atoms with van der Waals surface area (Å²) in [7, 11) is 0. The third-order valence-corrected chi connectivity index (χ3v) is 5.82. The molecule has 1 aliphatic heterocycles. The molecule has 1 aliphatic rings. The molecule has 0 radical (unpaired) electrons. The van der Waals surface area contributed by atoms with Crippen LogP contribution in [0.5, 0.6) is 11.5 Å². The Labute approximate surface area is 208 Å². The highest BCUT2D eigenvalue weighted by Gasteiger charge is 2.45. The number of benzene rings is 2. The van der Waals surface area contributed by atoms with Crippen molar-refractivity contribution in [3.63, 3.8) is 0 Å². The molecule has 4 rings (SSSR count). The summed E-state index contributed by atoms with van der Waals surface area (Å²) in [5.74, 6) is -3.09. The lowest BCUT2D eigenvalue weighted by Gasteiger charge is -2.39. The molecule has 0 aliphatic carbocycles. The molecule has 37 heavy (non-hydrogen) atoms. The smallest absolute Gasteiger partial charge is 0.317 e. The lowest BCUT2D eigenvalue weighted by molar-refractivity contribution is -0.278. The van der Waals surface area contributed by atoms with E-state index in [9.17, 15) is 34.8 Å². The van der Waals surface area contributed by atoms with E-state index in [1.807, 2.05) is 19.1 Å². The second-order valence-electron chi connectivity index (χ2n) is 8.55. The summed E-state index contributed by atoms with van der Waals surface area (Å²) < 4.78 is 21.3. The fourth-order valence-electron chi connectivity index (χ4n) is 3.84. The van der Waals surface area contributed by atoms with Crippen LogP contribution in [0.3, 0.4) is 0 Å². The third kappa shape index (κ3) is 5.57. The summed E-state index contributed by atoms with van der Waals surface area (Å²) >= 11 is 0. The van der Waals surface area contributed by atoms with Crippen molar-refractivity contribution in [1.29, 1.82) is 0 Å². The van der Waals surface area contributed by atoms with Gasteiger partial charge in [0.15, 0.2) is 0 Å². The zero-order valence-corrected chi connectivity index (χ0v) is 19.4. The maximum atomic E-state index is 13.0. The molecule has 1 saturated heterocycles. The number of aryl methyl sites for hydroxylation is 1. The first-order chi connectivity index (χ1) is 17.5. The van der Waals surface area contributed by atoms with E-state index in [1.165, 1.54) is 12.3 Å². The van der Waals surface area contributed by atoms with Crippen molar-refractivity contribution >= 4 is 22.9 Å². The van der Waals surface area contributed by atoms with Crippen molar-refractivity contribution in [3.05, 3.63) is 58.4 Å². The van der Waals surface area contributed by atoms with E-state index in [-0.39, 0.29) is 22.3 Å². The standard InChI is InChI=1S/C25H24O12/c1-11-2-4-12(5-3-11)14-9-34-16-7-13(6-15(26)20(16)21(14)30)36-25-24(33)23(32)22(31)17(37-25)10-35-19(29)8-18(27)28/h2-7,9,17,22-26,31-33H,8,10H2,1H3,(H,27,28)/t17?,22-,23+,24?,25-/m1/s1. The molecular formula is C25H24O12. The van der Waals surface area contributed by atoms with Crippen LogP contribution in [0.1, 0.15) is 12.0 Å². The number of aromatic hydroxyl groups is 1. The number of ether oxygens (including phenoxy) is 3. The topological polar surface area (TPSA) is 193 Å². The highest BCUT2D eigenvalue weighted by atomic mass is 16.7. The fraction of sp³-hybridized carbons (Fsp3) is 0.320. The molecule has 2 unspecified atom stereocenters. The molecule has 2 heterocycles. The van der Waals surface area contributed by atoms with E-state index in [1.54, 1.807) is 12.1 Å². The molecule has 0 bridgehead atoms. The number of aliphatic hydroxyl groups excluding tert-OH is 3. The van der Waals surface area contributed by atoms with Gasteiger partial charge < -0.3 is 44.2 Å². The molecule has 0 saturated carbocycles. The summed E-state index contributed by atoms with van der Waals surface area (Å²) in [5, 5.41) is 49.7. The molecule has 0 spiro atoms. The van der Waals surface area contributed by atoms with Gasteiger partial charge in [0.25, 0.3) is 0 Å². The number of esters is 1. The number of carbonyl (C=O) groups is 2. The number of hydrogen-bond donors (Lipinski definition) is 5. The van der Waals surface area contributed by atoms with E-state index in [0.717, 1.165) is 11.6 Å². The van der Waals surface area contributed by atoms with Crippen LogP contribution < -0.4 is 10.2 Å². The number of fused-ring (bicyclic) bond motifs is 1. The summed E-state index contributed by atoms with van der Waals surface area (Å²) in [6.07, 6.45) is -7.86. The number of carbonyl (C=O) groups excluding carboxylic acids is 1. The highest BCUT2D eigenvalue weighted by molar-refractivity contribution is 5.90. The SMILES string of the molecule is Cc1ccc(-c2coc3cc(O[C@@H]4OC(COC(=O)CC(=O)O)[C@@H](O)[C@H](O)C4O)cc(O)c3c2=O)cc1. The fourth-order valence-corrected chi connectivity index (χ4v) is 3.84. The Kier molecular flexibility index (Phi) is 7.45. The largest absolute Gasteiger partial charge is 0.507 e. The van der Waals surface area contributed by atoms with Crippen LogP contribution in [0.15, 0.2) is 51.9 Å². The van der Waals surface area contributed by atoms with Gasteiger partial charge in [0.1, 0.15) is 66.2 Å². The van der Waals surface area contributed by atoms with Crippen LogP contribution >= 0.6 is 0 Å². The Balaban J connectivity index is 1.56. The van der Waals surface area contributed by atoms with Gasteiger partial charge in [-0.05, 0) is 12.5 Å². The zero-order valence-electron chi connectivity index (χ0n) is 19.4. The average Bonchev–Trinajstić information content (AvgIpc) is 2.84. The van der Waals surface area contributed by atoms with Crippen molar-refractivity contribution in [2.45, 2.75) is 44.1 Å². The predicted octanol–water partition coefficient (Wildman–Crippen LogP) is 0.678. The van der Waals surface area contributed by atoms with E-state index in [2.05, 4.69) is 0 Å². The molecule has 3 aromatic rings. The van der Waals surface area contributed by atoms with Gasteiger partial charge in [-0.15, -0.1) is 0 Å². The minimum Gasteiger partial charge on any atom is -0.507 e. The molecule has 5 N–H and O–H groups in total. The molecule has 5 atom stereocenters. The Morgan fingerprint density at radius 1 is 1.03 bits per heavy atom. The summed E-state index contributed by atoms with van der Waals surface area (Å²) in [4.78, 5) is 35.1. The molecule has 2 aromatic carbocycles. The number of rotatable bonds is 7. The van der Waals surface area contributed by atoms with Crippen LogP contribution in [0.4, 0.5) is 0 Å². The van der Waals surface area contributed by atoms with Gasteiger partial charge in [-0.25, -0.2) is 0 Å². The van der Waals surface area contributed by atoms with Crippen molar-refractivity contribution < 1.29 is 53.7 Å². The third-order valence-electron chi connectivity index (χ3n) is 5.82. The number of aliphatic hydroxyl groups is 3. The molecule has 0 amide bonds. The number of carboxylic acid groups (broad SMARTS) is 1. The van der Waals surface area contributed by atoms with E-state index >= 15 is 0 Å². The maximum Gasteiger partial charge on any atom is 0.317 e. The monoisotopic (exact) mass is 516 g/mol. The minimum absolute atomic E-state index is 0.0269. The summed E-state index contributed by atoms with van der Waals surface area (Å²) in [6, 6.07) is 9.52. The van der Waals surface area contributed by atoms with Crippen LogP contribution in [-0.2, 0) is 19.1 Å². The second kappa shape index (κ2) is 10.6. The Morgan fingerprint density at radius 3 is 2.41 bits per heavy atom. The average molecular weight is 516 g/mol. The van der Waals surface area contributed by atoms with Crippen LogP contribution in [0.25, 0.3) is 22.1 Å². The quantitative estimate of drug-likeness (QED) is 0.218. The Bertz CT molecular complexity index is 1360. The highest BCUT2D eigenvalue weighted by Crippen LogP contribution is 2.32. The van der Waals surface area contributed by atoms with Crippen molar-refractivity contribution in [2.24, 2.45) is 0 Å².